The summed E-state index contributed by atoms with van der Waals surface area (Å²) in [6.07, 6.45) is 9.53. The molecule has 3 heteroatoms. The van der Waals surface area contributed by atoms with E-state index in [2.05, 4.69) is 48.9 Å². The van der Waals surface area contributed by atoms with E-state index in [4.69, 9.17) is 9.47 Å². The minimum atomic E-state index is 0.789. The number of methoxy groups -OCH3 is 1. The number of hydrogen-bond acceptors (Lipinski definition) is 3. The first kappa shape index (κ1) is 20.3. The van der Waals surface area contributed by atoms with Gasteiger partial charge in [-0.3, -0.25) is 0 Å². The Hall–Kier alpha value is -2.00. The van der Waals surface area contributed by atoms with Gasteiger partial charge < -0.3 is 14.4 Å². The summed E-state index contributed by atoms with van der Waals surface area (Å²) < 4.78 is 11.2. The first-order chi connectivity index (χ1) is 12.7. The number of unbranched alkanes of at least 4 members (excludes halogenated alkanes) is 5. The van der Waals surface area contributed by atoms with Crippen LogP contribution in [-0.4, -0.2) is 38.8 Å². The van der Waals surface area contributed by atoms with E-state index < -0.39 is 0 Å². The number of fused-ring (bicyclic) bond motifs is 1. The molecule has 3 nitrogen and oxygen atoms in total. The van der Waals surface area contributed by atoms with Crippen molar-refractivity contribution in [3.63, 3.8) is 0 Å². The Bertz CT molecular complexity index is 668. The first-order valence-electron chi connectivity index (χ1n) is 9.73. The summed E-state index contributed by atoms with van der Waals surface area (Å²) in [6.45, 7) is 6.72. The average molecular weight is 356 g/mol. The molecule has 2 aromatic rings. The van der Waals surface area contributed by atoms with Crippen LogP contribution in [0.15, 0.2) is 49.1 Å². The van der Waals surface area contributed by atoms with Gasteiger partial charge in [0.25, 0.3) is 0 Å². The Morgan fingerprint density at radius 3 is 2.27 bits per heavy atom. The minimum absolute atomic E-state index is 0.789. The van der Waals surface area contributed by atoms with Gasteiger partial charge in [-0.25, -0.2) is 0 Å². The third-order valence-electron chi connectivity index (χ3n) is 4.66. The van der Waals surface area contributed by atoms with Gasteiger partial charge in [0, 0.05) is 6.54 Å². The van der Waals surface area contributed by atoms with E-state index in [1.54, 1.807) is 7.11 Å². The normalized spacial score (nSPS) is 11.0. The van der Waals surface area contributed by atoms with Gasteiger partial charge in [0.15, 0.2) is 0 Å². The Balaban J connectivity index is 1.58. The largest absolute Gasteiger partial charge is 0.497 e. The maximum atomic E-state index is 5.92. The van der Waals surface area contributed by atoms with E-state index in [-0.39, 0.29) is 0 Å². The van der Waals surface area contributed by atoms with Crippen molar-refractivity contribution < 1.29 is 9.47 Å². The second kappa shape index (κ2) is 11.6. The van der Waals surface area contributed by atoms with E-state index in [9.17, 15) is 0 Å². The van der Waals surface area contributed by atoms with Crippen LogP contribution in [-0.2, 0) is 0 Å². The van der Waals surface area contributed by atoms with Gasteiger partial charge in [0.2, 0.25) is 0 Å². The quantitative estimate of drug-likeness (QED) is 0.340. The number of hydrogen-bond donors (Lipinski definition) is 0. The number of likely N-dealkylation sites (N-methyl/N-ethyl adjacent to an activating group) is 1. The molecule has 0 heterocycles. The zero-order valence-corrected chi connectivity index (χ0v) is 16.4. The molecule has 0 spiro atoms. The van der Waals surface area contributed by atoms with Crippen molar-refractivity contribution in [3.8, 4) is 11.5 Å². The third-order valence-corrected chi connectivity index (χ3v) is 4.66. The van der Waals surface area contributed by atoms with Crippen LogP contribution in [0.3, 0.4) is 0 Å². The van der Waals surface area contributed by atoms with Crippen LogP contribution >= 0.6 is 0 Å². The number of nitrogens with zero attached hydrogens (tertiary/aromatic N) is 1. The lowest BCUT2D eigenvalue weighted by atomic mass is 10.1. The molecular formula is C23H33NO2. The second-order valence-electron chi connectivity index (χ2n) is 6.90. The molecule has 0 aliphatic rings. The number of rotatable bonds is 13. The molecule has 0 fully saturated rings. The Morgan fingerprint density at radius 1 is 0.885 bits per heavy atom. The lowest BCUT2D eigenvalue weighted by Gasteiger charge is -2.13. The summed E-state index contributed by atoms with van der Waals surface area (Å²) in [7, 11) is 3.85. The van der Waals surface area contributed by atoms with Crippen LogP contribution in [0.5, 0.6) is 11.5 Å². The van der Waals surface area contributed by atoms with Gasteiger partial charge in [0.1, 0.15) is 11.5 Å². The fourth-order valence-electron chi connectivity index (χ4n) is 3.11. The lowest BCUT2D eigenvalue weighted by Crippen LogP contribution is -2.19. The highest BCUT2D eigenvalue weighted by molar-refractivity contribution is 5.85. The van der Waals surface area contributed by atoms with Crippen LogP contribution in [0, 0.1) is 0 Å². The molecule has 0 saturated heterocycles. The van der Waals surface area contributed by atoms with Crippen LogP contribution < -0.4 is 9.47 Å². The SMILES string of the molecule is C=CCN(C)CCCCCCCCOc1ccc2ccc(OC)cc2c1. The van der Waals surface area contributed by atoms with Crippen molar-refractivity contribution >= 4 is 10.8 Å². The van der Waals surface area contributed by atoms with E-state index in [0.29, 0.717) is 0 Å². The molecule has 0 aromatic heterocycles. The molecule has 0 aliphatic heterocycles. The molecular weight excluding hydrogens is 322 g/mol. The Kier molecular flexibility index (Phi) is 9.05. The zero-order valence-electron chi connectivity index (χ0n) is 16.4. The molecule has 0 aliphatic carbocycles. The summed E-state index contributed by atoms with van der Waals surface area (Å²) in [5.74, 6) is 1.82. The highest BCUT2D eigenvalue weighted by atomic mass is 16.5. The predicted octanol–water partition coefficient (Wildman–Crippen LogP) is 5.69. The van der Waals surface area contributed by atoms with Crippen molar-refractivity contribution in [3.05, 3.63) is 49.1 Å². The Morgan fingerprint density at radius 2 is 1.54 bits per heavy atom. The minimum Gasteiger partial charge on any atom is -0.497 e. The fraction of sp³-hybridized carbons (Fsp3) is 0.478. The molecule has 26 heavy (non-hydrogen) atoms. The molecule has 0 amide bonds. The molecule has 0 saturated carbocycles. The topological polar surface area (TPSA) is 21.7 Å². The summed E-state index contributed by atoms with van der Waals surface area (Å²) in [6, 6.07) is 12.4. The van der Waals surface area contributed by atoms with Gasteiger partial charge in [-0.15, -0.1) is 6.58 Å². The summed E-state index contributed by atoms with van der Waals surface area (Å²) in [5, 5.41) is 2.36. The monoisotopic (exact) mass is 355 g/mol. The number of ether oxygens (including phenoxy) is 2. The Labute approximate surface area is 158 Å². The summed E-state index contributed by atoms with van der Waals surface area (Å²) in [5.41, 5.74) is 0. The maximum Gasteiger partial charge on any atom is 0.119 e. The number of benzene rings is 2. The van der Waals surface area contributed by atoms with Gasteiger partial charge >= 0.3 is 0 Å². The van der Waals surface area contributed by atoms with Gasteiger partial charge in [-0.05, 0) is 61.5 Å². The lowest BCUT2D eigenvalue weighted by molar-refractivity contribution is 0.304. The molecule has 2 rings (SSSR count). The second-order valence-corrected chi connectivity index (χ2v) is 6.90. The van der Waals surface area contributed by atoms with Gasteiger partial charge in [0.05, 0.1) is 13.7 Å². The van der Waals surface area contributed by atoms with Crippen molar-refractivity contribution in [2.45, 2.75) is 38.5 Å². The van der Waals surface area contributed by atoms with Crippen LogP contribution in [0.25, 0.3) is 10.8 Å². The molecule has 0 radical (unpaired) electrons. The zero-order chi connectivity index (χ0) is 18.6. The maximum absolute atomic E-state index is 5.92. The van der Waals surface area contributed by atoms with E-state index in [1.165, 1.54) is 44.0 Å². The van der Waals surface area contributed by atoms with Crippen LogP contribution in [0.4, 0.5) is 0 Å². The smallest absolute Gasteiger partial charge is 0.119 e. The predicted molar refractivity (Wildman–Crippen MR) is 111 cm³/mol. The van der Waals surface area contributed by atoms with Crippen LogP contribution in [0.2, 0.25) is 0 Å². The molecule has 0 bridgehead atoms. The molecule has 142 valence electrons. The molecule has 2 aromatic carbocycles. The van der Waals surface area contributed by atoms with Crippen molar-refractivity contribution in [2.75, 3.05) is 33.9 Å². The standard InChI is InChI=1S/C23H33NO2/c1-4-15-24(2)16-9-7-5-6-8-10-17-26-23-14-12-20-11-13-22(25-3)18-21(20)19-23/h4,11-14,18-19H,1,5-10,15-17H2,2-3H3. The molecule has 0 N–H and O–H groups in total. The van der Waals surface area contributed by atoms with Crippen molar-refractivity contribution in [1.82, 2.24) is 4.90 Å². The van der Waals surface area contributed by atoms with Gasteiger partial charge in [-0.2, -0.15) is 0 Å². The highest BCUT2D eigenvalue weighted by Gasteiger charge is 2.00. The highest BCUT2D eigenvalue weighted by Crippen LogP contribution is 2.25. The molecule has 0 atom stereocenters. The first-order valence-corrected chi connectivity index (χ1v) is 9.73. The summed E-state index contributed by atoms with van der Waals surface area (Å²) >= 11 is 0. The van der Waals surface area contributed by atoms with Crippen LogP contribution in [0.1, 0.15) is 38.5 Å². The summed E-state index contributed by atoms with van der Waals surface area (Å²) in [4.78, 5) is 2.32. The fourth-order valence-corrected chi connectivity index (χ4v) is 3.11. The van der Waals surface area contributed by atoms with E-state index in [1.807, 2.05) is 12.1 Å². The third kappa shape index (κ3) is 7.09. The van der Waals surface area contributed by atoms with E-state index in [0.717, 1.165) is 36.5 Å². The van der Waals surface area contributed by atoms with Gasteiger partial charge in [-0.1, -0.05) is 43.9 Å². The van der Waals surface area contributed by atoms with E-state index >= 15 is 0 Å². The average Bonchev–Trinajstić information content (AvgIpc) is 2.66. The molecule has 0 unspecified atom stereocenters. The van der Waals surface area contributed by atoms with Crippen molar-refractivity contribution in [1.29, 1.82) is 0 Å². The van der Waals surface area contributed by atoms with Crippen molar-refractivity contribution in [2.24, 2.45) is 0 Å².